The molecule has 0 atom stereocenters. The first kappa shape index (κ1) is 24.8. The van der Waals surface area contributed by atoms with Crippen LogP contribution in [-0.4, -0.2) is 41.0 Å². The molecule has 2 aliphatic carbocycles. The van der Waals surface area contributed by atoms with E-state index in [-0.39, 0.29) is 11.2 Å². The fourth-order valence-corrected chi connectivity index (χ4v) is 5.57. The van der Waals surface area contributed by atoms with Crippen LogP contribution >= 0.6 is 0 Å². The van der Waals surface area contributed by atoms with Crippen LogP contribution in [0.15, 0.2) is 72.4 Å². The maximum Gasteiger partial charge on any atom is 0.405 e. The average Bonchev–Trinajstić information content (AvgIpc) is 2.84. The molecule has 0 radical (unpaired) electrons. The number of aromatic nitrogens is 1. The highest BCUT2D eigenvalue weighted by Crippen LogP contribution is 2.44. The number of Topliss-reactive ketones (excluding diaryl/α,β-unsaturated/α-hetero) is 1. The van der Waals surface area contributed by atoms with Gasteiger partial charge in [-0.05, 0) is 42.9 Å². The predicted octanol–water partition coefficient (Wildman–Crippen LogP) is 6.27. The van der Waals surface area contributed by atoms with Gasteiger partial charge in [-0.1, -0.05) is 68.4 Å². The number of carboxylic acid groups (broad SMARTS) is 1. The Balaban J connectivity index is 1.63. The minimum absolute atomic E-state index is 0.0261. The molecule has 2 aliphatic rings. The van der Waals surface area contributed by atoms with Gasteiger partial charge in [0, 0.05) is 48.0 Å². The Morgan fingerprint density at radius 2 is 1.68 bits per heavy atom. The molecule has 2 aromatic carbocycles. The molecule has 1 fully saturated rings. The Labute approximate surface area is 218 Å². The zero-order chi connectivity index (χ0) is 26.4. The van der Waals surface area contributed by atoms with Gasteiger partial charge in [-0.15, -0.1) is 0 Å². The Morgan fingerprint density at radius 1 is 1.00 bits per heavy atom. The van der Waals surface area contributed by atoms with Crippen LogP contribution in [-0.2, 0) is 12.0 Å². The number of benzene rings is 2. The van der Waals surface area contributed by atoms with Crippen molar-refractivity contribution in [3.8, 4) is 22.4 Å². The summed E-state index contributed by atoms with van der Waals surface area (Å²) in [4.78, 5) is 32.2. The van der Waals surface area contributed by atoms with Gasteiger partial charge in [-0.3, -0.25) is 9.78 Å². The lowest BCUT2D eigenvalue weighted by molar-refractivity contribution is 0.0990. The smallest absolute Gasteiger partial charge is 0.405 e. The summed E-state index contributed by atoms with van der Waals surface area (Å²) in [5.41, 5.74) is 6.06. The summed E-state index contributed by atoms with van der Waals surface area (Å²) in [6.07, 6.45) is 4.19. The Hall–Kier alpha value is -3.93. The molecule has 0 aliphatic heterocycles. The fourth-order valence-electron chi connectivity index (χ4n) is 5.57. The van der Waals surface area contributed by atoms with E-state index in [4.69, 9.17) is 4.98 Å². The Kier molecular flexibility index (Phi) is 6.14. The SMILES string of the molecule is CN(C)C=C1C(=O)c2cc(-c3ccccc3)c(-c3ccc(C4(NC(=O)O)CCC4)cc3)nc2CC1(C)C. The molecule has 1 saturated carbocycles. The van der Waals surface area contributed by atoms with Gasteiger partial charge in [-0.25, -0.2) is 4.79 Å². The quantitative estimate of drug-likeness (QED) is 0.408. The highest BCUT2D eigenvalue weighted by molar-refractivity contribution is 6.12. The third kappa shape index (κ3) is 4.52. The van der Waals surface area contributed by atoms with Gasteiger partial charge in [-0.2, -0.15) is 0 Å². The standard InChI is InChI=1S/C31H33N3O3/c1-30(2)18-26-24(28(35)25(30)19-34(3)4)17-23(20-9-6-5-7-10-20)27(32-26)21-11-13-22(14-12-21)31(15-8-16-31)33-29(36)37/h5-7,9-14,17,19,33H,8,15-16,18H2,1-4H3,(H,36,37). The number of nitrogens with one attached hydrogen (secondary N) is 1. The van der Waals surface area contributed by atoms with E-state index in [1.54, 1.807) is 0 Å². The second-order valence-electron chi connectivity index (χ2n) is 11.1. The minimum Gasteiger partial charge on any atom is -0.465 e. The van der Waals surface area contributed by atoms with E-state index < -0.39 is 11.6 Å². The summed E-state index contributed by atoms with van der Waals surface area (Å²) >= 11 is 0. The van der Waals surface area contributed by atoms with E-state index in [2.05, 4.69) is 19.2 Å². The van der Waals surface area contributed by atoms with E-state index in [9.17, 15) is 14.7 Å². The molecular weight excluding hydrogens is 462 g/mol. The lowest BCUT2D eigenvalue weighted by Crippen LogP contribution is -2.50. The van der Waals surface area contributed by atoms with Crippen LogP contribution in [0.25, 0.3) is 22.4 Å². The highest BCUT2D eigenvalue weighted by Gasteiger charge is 2.40. The molecule has 0 spiro atoms. The number of hydrogen-bond donors (Lipinski definition) is 2. The molecule has 3 aromatic rings. The molecule has 5 rings (SSSR count). The lowest BCUT2D eigenvalue weighted by atomic mass is 9.71. The van der Waals surface area contributed by atoms with Crippen molar-refractivity contribution in [1.82, 2.24) is 15.2 Å². The predicted molar refractivity (Wildman–Crippen MR) is 145 cm³/mol. The minimum atomic E-state index is -0.999. The van der Waals surface area contributed by atoms with Gasteiger partial charge >= 0.3 is 6.09 Å². The van der Waals surface area contributed by atoms with Gasteiger partial charge in [0.05, 0.1) is 16.9 Å². The van der Waals surface area contributed by atoms with Crippen molar-refractivity contribution in [2.45, 2.75) is 45.1 Å². The number of carbonyl (C=O) groups is 2. The zero-order valence-electron chi connectivity index (χ0n) is 21.8. The van der Waals surface area contributed by atoms with Crippen LogP contribution < -0.4 is 5.32 Å². The van der Waals surface area contributed by atoms with Crippen molar-refractivity contribution in [2.75, 3.05) is 14.1 Å². The zero-order valence-corrected chi connectivity index (χ0v) is 21.8. The normalized spacial score (nSPS) is 18.6. The van der Waals surface area contributed by atoms with E-state index in [1.807, 2.05) is 85.9 Å². The molecule has 37 heavy (non-hydrogen) atoms. The number of fused-ring (bicyclic) bond motifs is 1. The van der Waals surface area contributed by atoms with Crippen LogP contribution in [0, 0.1) is 5.41 Å². The number of hydrogen-bond acceptors (Lipinski definition) is 4. The summed E-state index contributed by atoms with van der Waals surface area (Å²) in [6, 6.07) is 20.1. The fraction of sp³-hybridized carbons (Fsp3) is 0.323. The molecule has 0 bridgehead atoms. The monoisotopic (exact) mass is 495 g/mol. The van der Waals surface area contributed by atoms with Gasteiger partial charge in [0.2, 0.25) is 0 Å². The molecule has 1 aromatic heterocycles. The highest BCUT2D eigenvalue weighted by atomic mass is 16.4. The second-order valence-corrected chi connectivity index (χ2v) is 11.1. The van der Waals surface area contributed by atoms with Gasteiger partial charge in [0.15, 0.2) is 5.78 Å². The molecule has 6 nitrogen and oxygen atoms in total. The summed E-state index contributed by atoms with van der Waals surface area (Å²) in [6.45, 7) is 4.19. The van der Waals surface area contributed by atoms with Crippen molar-refractivity contribution in [3.05, 3.63) is 89.3 Å². The van der Waals surface area contributed by atoms with Gasteiger partial charge in [0.25, 0.3) is 0 Å². The molecule has 0 unspecified atom stereocenters. The third-order valence-corrected chi connectivity index (χ3v) is 7.67. The molecule has 2 N–H and O–H groups in total. The Morgan fingerprint density at radius 3 is 2.24 bits per heavy atom. The van der Waals surface area contributed by atoms with E-state index in [0.717, 1.165) is 58.5 Å². The Bertz CT molecular complexity index is 1390. The number of ketones is 1. The number of carbonyl (C=O) groups excluding carboxylic acids is 1. The molecule has 1 heterocycles. The molecular formula is C31H33N3O3. The average molecular weight is 496 g/mol. The lowest BCUT2D eigenvalue weighted by Gasteiger charge is -2.42. The van der Waals surface area contributed by atoms with E-state index in [1.165, 1.54) is 0 Å². The number of nitrogens with zero attached hydrogens (tertiary/aromatic N) is 2. The maximum atomic E-state index is 13.7. The van der Waals surface area contributed by atoms with E-state index in [0.29, 0.717) is 12.0 Å². The topological polar surface area (TPSA) is 82.5 Å². The first-order chi connectivity index (χ1) is 17.6. The van der Waals surface area contributed by atoms with Crippen molar-refractivity contribution >= 4 is 11.9 Å². The molecule has 1 amide bonds. The van der Waals surface area contributed by atoms with Gasteiger partial charge < -0.3 is 15.3 Å². The molecule has 6 heteroatoms. The van der Waals surface area contributed by atoms with Crippen molar-refractivity contribution in [2.24, 2.45) is 5.41 Å². The van der Waals surface area contributed by atoms with Crippen molar-refractivity contribution < 1.29 is 14.7 Å². The molecule has 0 saturated heterocycles. The maximum absolute atomic E-state index is 13.7. The van der Waals surface area contributed by atoms with Crippen LogP contribution in [0.1, 0.15) is 54.7 Å². The number of pyridine rings is 1. The first-order valence-corrected chi connectivity index (χ1v) is 12.7. The van der Waals surface area contributed by atoms with Crippen LogP contribution in [0.4, 0.5) is 4.79 Å². The number of rotatable bonds is 5. The summed E-state index contributed by atoms with van der Waals surface area (Å²) in [5, 5.41) is 12.1. The second kappa shape index (κ2) is 9.18. The van der Waals surface area contributed by atoms with Crippen molar-refractivity contribution in [1.29, 1.82) is 0 Å². The van der Waals surface area contributed by atoms with Crippen LogP contribution in [0.2, 0.25) is 0 Å². The molecule has 190 valence electrons. The van der Waals surface area contributed by atoms with Crippen LogP contribution in [0.3, 0.4) is 0 Å². The summed E-state index contributed by atoms with van der Waals surface area (Å²) in [5.74, 6) is 0.0261. The largest absolute Gasteiger partial charge is 0.465 e. The summed E-state index contributed by atoms with van der Waals surface area (Å²) in [7, 11) is 3.87. The van der Waals surface area contributed by atoms with E-state index >= 15 is 0 Å². The van der Waals surface area contributed by atoms with Crippen molar-refractivity contribution in [3.63, 3.8) is 0 Å². The van der Waals surface area contributed by atoms with Gasteiger partial charge in [0.1, 0.15) is 0 Å². The number of allylic oxidation sites excluding steroid dienone is 1. The third-order valence-electron chi connectivity index (χ3n) is 7.67. The first-order valence-electron chi connectivity index (χ1n) is 12.7. The van der Waals surface area contributed by atoms with Crippen LogP contribution in [0.5, 0.6) is 0 Å². The summed E-state index contributed by atoms with van der Waals surface area (Å²) < 4.78 is 0. The number of amides is 1.